The zero-order valence-electron chi connectivity index (χ0n) is 10.5. The van der Waals surface area contributed by atoms with Gasteiger partial charge in [-0.1, -0.05) is 0 Å². The normalized spacial score (nSPS) is 27.9. The van der Waals surface area contributed by atoms with Crippen molar-refractivity contribution in [2.24, 2.45) is 0 Å². The molecule has 0 spiro atoms. The molecule has 18 heavy (non-hydrogen) atoms. The van der Waals surface area contributed by atoms with E-state index < -0.39 is 0 Å². The van der Waals surface area contributed by atoms with Crippen LogP contribution in [0, 0.1) is 0 Å². The van der Waals surface area contributed by atoms with Gasteiger partial charge in [0.1, 0.15) is 0 Å². The average Bonchev–Trinajstić information content (AvgIpc) is 3.11. The first-order valence-electron chi connectivity index (χ1n) is 6.75. The molecule has 1 aromatic rings. The molecule has 0 aromatic carbocycles. The first-order valence-corrected chi connectivity index (χ1v) is 6.75. The van der Waals surface area contributed by atoms with Crippen LogP contribution < -0.4 is 0 Å². The van der Waals surface area contributed by atoms with Crippen molar-refractivity contribution in [2.45, 2.75) is 44.2 Å². The van der Waals surface area contributed by atoms with Gasteiger partial charge in [0.2, 0.25) is 5.91 Å². The lowest BCUT2D eigenvalue weighted by atomic mass is 10.1. The molecule has 0 unspecified atom stereocenters. The molecule has 5 nitrogen and oxygen atoms in total. The highest BCUT2D eigenvalue weighted by Gasteiger charge is 2.32. The van der Waals surface area contributed by atoms with Crippen molar-refractivity contribution in [1.29, 1.82) is 0 Å². The van der Waals surface area contributed by atoms with Crippen molar-refractivity contribution in [2.75, 3.05) is 13.2 Å². The highest BCUT2D eigenvalue weighted by atomic mass is 16.5. The molecule has 0 saturated carbocycles. The summed E-state index contributed by atoms with van der Waals surface area (Å²) >= 11 is 0. The molecule has 1 N–H and O–H groups in total. The summed E-state index contributed by atoms with van der Waals surface area (Å²) in [6.45, 7) is 1.66. The average molecular weight is 249 g/mol. The molecule has 3 rings (SSSR count). The van der Waals surface area contributed by atoms with Gasteiger partial charge in [0, 0.05) is 19.3 Å². The Balaban J connectivity index is 1.65. The number of hydrogen-bond donors (Lipinski definition) is 1. The molecule has 0 bridgehead atoms. The number of H-pyrrole nitrogens is 1. The Labute approximate surface area is 107 Å². The second-order valence-corrected chi connectivity index (χ2v) is 5.10. The summed E-state index contributed by atoms with van der Waals surface area (Å²) in [4.78, 5) is 14.3. The summed E-state index contributed by atoms with van der Waals surface area (Å²) < 4.78 is 5.54. The van der Waals surface area contributed by atoms with Crippen molar-refractivity contribution in [3.63, 3.8) is 0 Å². The minimum absolute atomic E-state index is 0.139. The highest BCUT2D eigenvalue weighted by Crippen LogP contribution is 2.31. The molecule has 2 aliphatic heterocycles. The number of nitrogens with zero attached hydrogens (tertiary/aromatic N) is 2. The molecular weight excluding hydrogens is 230 g/mol. The molecule has 2 aliphatic rings. The Hall–Kier alpha value is -1.36. The highest BCUT2D eigenvalue weighted by molar-refractivity contribution is 5.77. The van der Waals surface area contributed by atoms with Crippen LogP contribution in [0.5, 0.6) is 0 Å². The Morgan fingerprint density at radius 3 is 3.17 bits per heavy atom. The van der Waals surface area contributed by atoms with Crippen molar-refractivity contribution in [3.05, 3.63) is 18.0 Å². The van der Waals surface area contributed by atoms with E-state index in [4.69, 9.17) is 4.74 Å². The zero-order chi connectivity index (χ0) is 12.4. The smallest absolute Gasteiger partial charge is 0.225 e. The topological polar surface area (TPSA) is 58.2 Å². The maximum absolute atomic E-state index is 12.3. The fourth-order valence-corrected chi connectivity index (χ4v) is 2.96. The van der Waals surface area contributed by atoms with Crippen molar-refractivity contribution < 1.29 is 9.53 Å². The third kappa shape index (κ3) is 2.27. The lowest BCUT2D eigenvalue weighted by Crippen LogP contribution is -2.33. The number of aromatic amines is 1. The molecule has 0 radical (unpaired) electrons. The lowest BCUT2D eigenvalue weighted by molar-refractivity contribution is -0.134. The van der Waals surface area contributed by atoms with Crippen LogP contribution in [0.3, 0.4) is 0 Å². The largest absolute Gasteiger partial charge is 0.378 e. The Kier molecular flexibility index (Phi) is 3.32. The van der Waals surface area contributed by atoms with Crippen LogP contribution in [0.25, 0.3) is 0 Å². The van der Waals surface area contributed by atoms with Gasteiger partial charge in [0.15, 0.2) is 0 Å². The van der Waals surface area contributed by atoms with E-state index in [0.717, 1.165) is 44.5 Å². The first-order chi connectivity index (χ1) is 8.84. The predicted molar refractivity (Wildman–Crippen MR) is 65.9 cm³/mol. The first kappa shape index (κ1) is 11.7. The predicted octanol–water partition coefficient (Wildman–Crippen LogP) is 1.64. The van der Waals surface area contributed by atoms with Crippen molar-refractivity contribution in [3.8, 4) is 0 Å². The maximum atomic E-state index is 12.3. The zero-order valence-corrected chi connectivity index (χ0v) is 10.5. The number of carbonyl (C=O) groups is 1. The van der Waals surface area contributed by atoms with Crippen LogP contribution in [0.15, 0.2) is 12.3 Å². The third-order valence-electron chi connectivity index (χ3n) is 3.88. The van der Waals surface area contributed by atoms with Crippen LogP contribution in [-0.2, 0) is 9.53 Å². The van der Waals surface area contributed by atoms with E-state index in [9.17, 15) is 4.79 Å². The van der Waals surface area contributed by atoms with E-state index >= 15 is 0 Å². The quantitative estimate of drug-likeness (QED) is 0.886. The molecule has 3 heterocycles. The van der Waals surface area contributed by atoms with E-state index in [1.165, 1.54) is 0 Å². The fraction of sp³-hybridized carbons (Fsp3) is 0.692. The SMILES string of the molecule is O=C(C[C@H]1CCCO1)N1CCC[C@H]1c1ccn[nH]1. The molecule has 1 aromatic heterocycles. The third-order valence-corrected chi connectivity index (χ3v) is 3.88. The van der Waals surface area contributed by atoms with Crippen molar-refractivity contribution in [1.82, 2.24) is 15.1 Å². The molecule has 98 valence electrons. The van der Waals surface area contributed by atoms with Gasteiger partial charge in [0.05, 0.1) is 24.3 Å². The minimum Gasteiger partial charge on any atom is -0.378 e. The van der Waals surface area contributed by atoms with Gasteiger partial charge in [-0.25, -0.2) is 0 Å². The second-order valence-electron chi connectivity index (χ2n) is 5.10. The summed E-state index contributed by atoms with van der Waals surface area (Å²) in [5.41, 5.74) is 1.05. The van der Waals surface area contributed by atoms with Gasteiger partial charge in [-0.15, -0.1) is 0 Å². The molecule has 1 amide bonds. The van der Waals surface area contributed by atoms with Gasteiger partial charge < -0.3 is 9.64 Å². The van der Waals surface area contributed by atoms with E-state index in [2.05, 4.69) is 10.2 Å². The van der Waals surface area contributed by atoms with Crippen molar-refractivity contribution >= 4 is 5.91 Å². The number of rotatable bonds is 3. The monoisotopic (exact) mass is 249 g/mol. The summed E-state index contributed by atoms with van der Waals surface area (Å²) in [5, 5.41) is 6.96. The molecule has 2 atom stereocenters. The van der Waals surface area contributed by atoms with E-state index in [1.807, 2.05) is 11.0 Å². The standard InChI is InChI=1S/C13H19N3O2/c17-13(9-10-3-2-8-18-10)16-7-1-4-12(16)11-5-6-14-15-11/h5-6,10,12H,1-4,7-9H2,(H,14,15)/t10-,12+/m1/s1. The number of hydrogen-bond acceptors (Lipinski definition) is 3. The van der Waals surface area contributed by atoms with E-state index in [1.54, 1.807) is 6.20 Å². The molecule has 2 fully saturated rings. The minimum atomic E-state index is 0.139. The van der Waals surface area contributed by atoms with Gasteiger partial charge in [0.25, 0.3) is 0 Å². The van der Waals surface area contributed by atoms with Crippen LogP contribution >= 0.6 is 0 Å². The Morgan fingerprint density at radius 1 is 1.50 bits per heavy atom. The number of carbonyl (C=O) groups excluding carboxylic acids is 1. The number of amides is 1. The van der Waals surface area contributed by atoms with Crippen LogP contribution in [0.1, 0.15) is 43.8 Å². The van der Waals surface area contributed by atoms with Crippen LogP contribution in [0.2, 0.25) is 0 Å². The van der Waals surface area contributed by atoms with E-state index in [0.29, 0.717) is 6.42 Å². The summed E-state index contributed by atoms with van der Waals surface area (Å²) in [5.74, 6) is 0.221. The number of ether oxygens (including phenoxy) is 1. The van der Waals surface area contributed by atoms with Gasteiger partial charge in [-0.05, 0) is 31.7 Å². The summed E-state index contributed by atoms with van der Waals surface area (Å²) in [6, 6.07) is 2.14. The number of aromatic nitrogens is 2. The van der Waals surface area contributed by atoms with Gasteiger partial charge in [-0.2, -0.15) is 5.10 Å². The van der Waals surface area contributed by atoms with Crippen LogP contribution in [-0.4, -0.2) is 40.3 Å². The van der Waals surface area contributed by atoms with Crippen LogP contribution in [0.4, 0.5) is 0 Å². The molecule has 0 aliphatic carbocycles. The number of nitrogens with one attached hydrogen (secondary N) is 1. The molecular formula is C13H19N3O2. The Morgan fingerprint density at radius 2 is 2.44 bits per heavy atom. The summed E-state index contributed by atoms with van der Waals surface area (Å²) in [7, 11) is 0. The van der Waals surface area contributed by atoms with E-state index in [-0.39, 0.29) is 18.1 Å². The fourth-order valence-electron chi connectivity index (χ4n) is 2.96. The summed E-state index contributed by atoms with van der Waals surface area (Å²) in [6.07, 6.45) is 6.62. The second kappa shape index (κ2) is 5.10. The van der Waals surface area contributed by atoms with Gasteiger partial charge >= 0.3 is 0 Å². The molecule has 5 heteroatoms. The molecule has 2 saturated heterocycles. The number of likely N-dealkylation sites (tertiary alicyclic amines) is 1. The maximum Gasteiger partial charge on any atom is 0.225 e. The Bertz CT molecular complexity index is 398. The lowest BCUT2D eigenvalue weighted by Gasteiger charge is -2.24. The van der Waals surface area contributed by atoms with Gasteiger partial charge in [-0.3, -0.25) is 9.89 Å².